The first-order valence-corrected chi connectivity index (χ1v) is 7.15. The van der Waals surface area contributed by atoms with Crippen LogP contribution >= 0.6 is 0 Å². The quantitative estimate of drug-likeness (QED) is 0.751. The molecule has 0 bridgehead atoms. The van der Waals surface area contributed by atoms with Crippen molar-refractivity contribution in [3.63, 3.8) is 0 Å². The monoisotopic (exact) mass is 282 g/mol. The third-order valence-electron chi connectivity index (χ3n) is 4.03. The number of hydrogen-bond acceptors (Lipinski definition) is 3. The van der Waals surface area contributed by atoms with E-state index in [0.29, 0.717) is 5.56 Å². The van der Waals surface area contributed by atoms with Crippen LogP contribution in [0.1, 0.15) is 30.5 Å². The number of esters is 1. The van der Waals surface area contributed by atoms with Crippen LogP contribution in [0.3, 0.4) is 0 Å². The largest absolute Gasteiger partial charge is 0.464 e. The average Bonchev–Trinajstić information content (AvgIpc) is 2.85. The third-order valence-corrected chi connectivity index (χ3v) is 4.03. The molecular formula is C18H18O3. The number of benzene rings is 2. The molecule has 0 spiro atoms. The number of carbonyl (C=O) groups is 1. The molecule has 0 amide bonds. The summed E-state index contributed by atoms with van der Waals surface area (Å²) in [4.78, 5) is 11.9. The Kier molecular flexibility index (Phi) is 3.30. The van der Waals surface area contributed by atoms with Gasteiger partial charge in [0.2, 0.25) is 0 Å². The molecule has 3 rings (SSSR count). The molecule has 1 aliphatic carbocycles. The maximum absolute atomic E-state index is 11.9. The summed E-state index contributed by atoms with van der Waals surface area (Å²) >= 11 is 0. The van der Waals surface area contributed by atoms with E-state index < -0.39 is 11.6 Å². The maximum atomic E-state index is 11.9. The Hall–Kier alpha value is -2.13. The molecule has 0 saturated heterocycles. The second kappa shape index (κ2) is 5.01. The van der Waals surface area contributed by atoms with Gasteiger partial charge in [0.1, 0.15) is 0 Å². The fraction of sp³-hybridized carbons (Fsp3) is 0.278. The Bertz CT molecular complexity index is 701. The van der Waals surface area contributed by atoms with Crippen LogP contribution in [0.2, 0.25) is 0 Å². The highest BCUT2D eigenvalue weighted by Gasteiger charge is 2.35. The van der Waals surface area contributed by atoms with Crippen LogP contribution < -0.4 is 0 Å². The van der Waals surface area contributed by atoms with E-state index in [1.165, 1.54) is 23.6 Å². The van der Waals surface area contributed by atoms with E-state index >= 15 is 0 Å². The van der Waals surface area contributed by atoms with Gasteiger partial charge in [-0.3, -0.25) is 0 Å². The summed E-state index contributed by atoms with van der Waals surface area (Å²) in [5, 5.41) is 10.5. The number of rotatable bonds is 3. The molecule has 2 aromatic carbocycles. The van der Waals surface area contributed by atoms with Crippen molar-refractivity contribution in [1.29, 1.82) is 0 Å². The van der Waals surface area contributed by atoms with Crippen LogP contribution in [0.5, 0.6) is 0 Å². The van der Waals surface area contributed by atoms with Crippen molar-refractivity contribution in [3.8, 4) is 11.1 Å². The lowest BCUT2D eigenvalue weighted by atomic mass is 9.92. The van der Waals surface area contributed by atoms with E-state index in [4.69, 9.17) is 4.74 Å². The lowest BCUT2D eigenvalue weighted by molar-refractivity contribution is -0.164. The third kappa shape index (κ3) is 2.24. The lowest BCUT2D eigenvalue weighted by Gasteiger charge is -2.22. The van der Waals surface area contributed by atoms with Crippen molar-refractivity contribution in [2.45, 2.75) is 25.9 Å². The molecule has 0 heterocycles. The van der Waals surface area contributed by atoms with Gasteiger partial charge in [0.15, 0.2) is 5.60 Å². The maximum Gasteiger partial charge on any atom is 0.342 e. The van der Waals surface area contributed by atoms with Gasteiger partial charge < -0.3 is 9.84 Å². The first kappa shape index (κ1) is 13.8. The summed E-state index contributed by atoms with van der Waals surface area (Å²) in [6.07, 6.45) is 0.832. The molecule has 3 heteroatoms. The van der Waals surface area contributed by atoms with Gasteiger partial charge in [-0.25, -0.2) is 4.79 Å². The van der Waals surface area contributed by atoms with Gasteiger partial charge in [-0.15, -0.1) is 0 Å². The Morgan fingerprint density at radius 1 is 1.19 bits per heavy atom. The topological polar surface area (TPSA) is 46.5 Å². The minimum atomic E-state index is -1.61. The number of carbonyl (C=O) groups excluding carboxylic acids is 1. The van der Waals surface area contributed by atoms with Gasteiger partial charge in [0.25, 0.3) is 0 Å². The molecule has 21 heavy (non-hydrogen) atoms. The smallest absolute Gasteiger partial charge is 0.342 e. The van der Waals surface area contributed by atoms with Gasteiger partial charge >= 0.3 is 5.97 Å². The standard InChI is InChI=1S/C18H18O3/c1-3-21-17(19)18(2,20)14-8-9-16-13(11-14)10-12-6-4-5-7-15(12)16/h4-9,11,20H,3,10H2,1-2H3/t18-/m0/s1. The van der Waals surface area contributed by atoms with Crippen LogP contribution in [-0.4, -0.2) is 17.7 Å². The average molecular weight is 282 g/mol. The van der Waals surface area contributed by atoms with E-state index in [1.54, 1.807) is 13.0 Å². The Labute approximate surface area is 124 Å². The van der Waals surface area contributed by atoms with Gasteiger partial charge in [0.05, 0.1) is 6.61 Å². The molecule has 1 atom stereocenters. The fourth-order valence-electron chi connectivity index (χ4n) is 2.84. The van der Waals surface area contributed by atoms with Gasteiger partial charge in [-0.2, -0.15) is 0 Å². The summed E-state index contributed by atoms with van der Waals surface area (Å²) in [7, 11) is 0. The second-order valence-corrected chi connectivity index (χ2v) is 5.50. The van der Waals surface area contributed by atoms with E-state index in [9.17, 15) is 9.90 Å². The predicted octanol–water partition coefficient (Wildman–Crippen LogP) is 3.03. The zero-order valence-corrected chi connectivity index (χ0v) is 12.2. The zero-order valence-electron chi connectivity index (χ0n) is 12.2. The minimum Gasteiger partial charge on any atom is -0.464 e. The van der Waals surface area contributed by atoms with E-state index in [2.05, 4.69) is 12.1 Å². The number of ether oxygens (including phenoxy) is 1. The molecule has 0 fully saturated rings. The van der Waals surface area contributed by atoms with Crippen molar-refractivity contribution in [1.82, 2.24) is 0 Å². The molecule has 108 valence electrons. The molecular weight excluding hydrogens is 264 g/mol. The lowest BCUT2D eigenvalue weighted by Crippen LogP contribution is -2.34. The van der Waals surface area contributed by atoms with Crippen LogP contribution in [0.25, 0.3) is 11.1 Å². The molecule has 0 radical (unpaired) electrons. The summed E-state index contributed by atoms with van der Waals surface area (Å²) in [6, 6.07) is 14.0. The zero-order chi connectivity index (χ0) is 15.0. The van der Waals surface area contributed by atoms with Gasteiger partial charge in [-0.1, -0.05) is 42.5 Å². The molecule has 1 aliphatic rings. The minimum absolute atomic E-state index is 0.255. The first-order chi connectivity index (χ1) is 10.0. The van der Waals surface area contributed by atoms with Crippen molar-refractivity contribution in [3.05, 3.63) is 59.2 Å². The van der Waals surface area contributed by atoms with Gasteiger partial charge in [0, 0.05) is 0 Å². The molecule has 0 saturated carbocycles. The summed E-state index contributed by atoms with van der Waals surface area (Å²) in [5.41, 5.74) is 3.79. The number of fused-ring (bicyclic) bond motifs is 3. The SMILES string of the molecule is CCOC(=O)[C@@](C)(O)c1ccc2c(c1)Cc1ccccc1-2. The molecule has 0 unspecified atom stereocenters. The molecule has 3 nitrogen and oxygen atoms in total. The molecule has 0 aromatic heterocycles. The molecule has 2 aromatic rings. The summed E-state index contributed by atoms with van der Waals surface area (Å²) in [5.74, 6) is -0.611. The Morgan fingerprint density at radius 3 is 2.67 bits per heavy atom. The van der Waals surface area contributed by atoms with Crippen molar-refractivity contribution >= 4 is 5.97 Å². The van der Waals surface area contributed by atoms with E-state index in [1.807, 2.05) is 24.3 Å². The van der Waals surface area contributed by atoms with Crippen molar-refractivity contribution in [2.75, 3.05) is 6.61 Å². The number of hydrogen-bond donors (Lipinski definition) is 1. The number of aliphatic hydroxyl groups is 1. The Morgan fingerprint density at radius 2 is 1.90 bits per heavy atom. The molecule has 1 N–H and O–H groups in total. The van der Waals surface area contributed by atoms with E-state index in [0.717, 1.165) is 12.0 Å². The van der Waals surface area contributed by atoms with E-state index in [-0.39, 0.29) is 6.61 Å². The highest BCUT2D eigenvalue weighted by Crippen LogP contribution is 2.38. The first-order valence-electron chi connectivity index (χ1n) is 7.15. The highest BCUT2D eigenvalue weighted by molar-refractivity contribution is 5.82. The predicted molar refractivity (Wildman–Crippen MR) is 80.9 cm³/mol. The summed E-state index contributed by atoms with van der Waals surface area (Å²) in [6.45, 7) is 3.47. The fourth-order valence-corrected chi connectivity index (χ4v) is 2.84. The normalized spacial score (nSPS) is 15.0. The van der Waals surface area contributed by atoms with Crippen LogP contribution in [0.4, 0.5) is 0 Å². The van der Waals surface area contributed by atoms with Crippen molar-refractivity contribution < 1.29 is 14.6 Å². The van der Waals surface area contributed by atoms with Crippen LogP contribution in [0.15, 0.2) is 42.5 Å². The Balaban J connectivity index is 1.99. The van der Waals surface area contributed by atoms with Gasteiger partial charge in [-0.05, 0) is 48.1 Å². The van der Waals surface area contributed by atoms with Crippen LogP contribution in [-0.2, 0) is 21.6 Å². The molecule has 0 aliphatic heterocycles. The summed E-state index contributed by atoms with van der Waals surface area (Å²) < 4.78 is 4.95. The van der Waals surface area contributed by atoms with Crippen LogP contribution in [0, 0.1) is 0 Å². The second-order valence-electron chi connectivity index (χ2n) is 5.50. The van der Waals surface area contributed by atoms with Crippen molar-refractivity contribution in [2.24, 2.45) is 0 Å². The highest BCUT2D eigenvalue weighted by atomic mass is 16.5.